The monoisotopic (exact) mass is 259 g/mol. The largest absolute Gasteiger partial charge is 0.493 e. The molecule has 1 aromatic heterocycles. The van der Waals surface area contributed by atoms with Gasteiger partial charge in [-0.1, -0.05) is 18.2 Å². The molecule has 0 aliphatic carbocycles. The second-order valence-electron chi connectivity index (χ2n) is 4.16. The van der Waals surface area contributed by atoms with Crippen molar-refractivity contribution in [2.75, 3.05) is 13.2 Å². The minimum atomic E-state index is -0.299. The highest BCUT2D eigenvalue weighted by molar-refractivity contribution is 5.87. The Bertz CT molecular complexity index is 519. The summed E-state index contributed by atoms with van der Waals surface area (Å²) in [5.41, 5.74) is 0.559. The van der Waals surface area contributed by atoms with Crippen molar-refractivity contribution in [3.8, 4) is 5.75 Å². The van der Waals surface area contributed by atoms with E-state index >= 15 is 0 Å². The molecule has 0 saturated carbocycles. The van der Waals surface area contributed by atoms with Crippen LogP contribution in [0.4, 0.5) is 0 Å². The summed E-state index contributed by atoms with van der Waals surface area (Å²) in [5, 5.41) is 0. The zero-order chi connectivity index (χ0) is 13.5. The van der Waals surface area contributed by atoms with E-state index in [1.807, 2.05) is 49.6 Å². The van der Waals surface area contributed by atoms with E-state index in [1.54, 1.807) is 10.6 Å². The van der Waals surface area contributed by atoms with Crippen molar-refractivity contribution >= 4 is 5.97 Å². The van der Waals surface area contributed by atoms with Crippen LogP contribution in [0.2, 0.25) is 0 Å². The molecule has 0 radical (unpaired) electrons. The molecule has 0 bridgehead atoms. The van der Waals surface area contributed by atoms with E-state index in [0.717, 1.165) is 5.75 Å². The van der Waals surface area contributed by atoms with Crippen LogP contribution in [-0.2, 0) is 11.8 Å². The maximum absolute atomic E-state index is 11.7. The molecule has 4 nitrogen and oxygen atoms in total. The fraction of sp³-hybridized carbons (Fsp3) is 0.267. The van der Waals surface area contributed by atoms with Crippen molar-refractivity contribution in [3.05, 3.63) is 54.4 Å². The van der Waals surface area contributed by atoms with Gasteiger partial charge in [0, 0.05) is 19.7 Å². The van der Waals surface area contributed by atoms with Crippen molar-refractivity contribution in [3.63, 3.8) is 0 Å². The molecule has 1 aromatic carbocycles. The minimum absolute atomic E-state index is 0.299. The molecule has 4 heteroatoms. The molecule has 0 spiro atoms. The van der Waals surface area contributed by atoms with Crippen LogP contribution in [0.25, 0.3) is 0 Å². The third-order valence-corrected chi connectivity index (χ3v) is 2.69. The van der Waals surface area contributed by atoms with Crippen molar-refractivity contribution < 1.29 is 14.3 Å². The molecule has 0 aliphatic heterocycles. The molecule has 1 heterocycles. The van der Waals surface area contributed by atoms with Crippen LogP contribution in [0.1, 0.15) is 16.9 Å². The number of para-hydroxylation sites is 1. The number of nitrogens with zero attached hydrogens (tertiary/aromatic N) is 1. The molecule has 2 aromatic rings. The van der Waals surface area contributed by atoms with Crippen LogP contribution in [0.5, 0.6) is 5.75 Å². The highest BCUT2D eigenvalue weighted by atomic mass is 16.5. The number of ether oxygens (including phenoxy) is 2. The topological polar surface area (TPSA) is 40.5 Å². The summed E-state index contributed by atoms with van der Waals surface area (Å²) >= 11 is 0. The number of carbonyl (C=O) groups is 1. The van der Waals surface area contributed by atoms with Gasteiger partial charge in [-0.05, 0) is 24.3 Å². The summed E-state index contributed by atoms with van der Waals surface area (Å²) in [7, 11) is 1.81. The third-order valence-electron chi connectivity index (χ3n) is 2.69. The Morgan fingerprint density at radius 3 is 2.58 bits per heavy atom. The number of aromatic nitrogens is 1. The van der Waals surface area contributed by atoms with Crippen LogP contribution >= 0.6 is 0 Å². The van der Waals surface area contributed by atoms with Crippen LogP contribution in [0, 0.1) is 0 Å². The van der Waals surface area contributed by atoms with E-state index in [-0.39, 0.29) is 5.97 Å². The van der Waals surface area contributed by atoms with Crippen LogP contribution in [-0.4, -0.2) is 23.8 Å². The van der Waals surface area contributed by atoms with Gasteiger partial charge < -0.3 is 14.0 Å². The first-order valence-electron chi connectivity index (χ1n) is 6.23. The van der Waals surface area contributed by atoms with Crippen molar-refractivity contribution in [2.24, 2.45) is 7.05 Å². The molecular formula is C15H17NO3. The Morgan fingerprint density at radius 1 is 1.11 bits per heavy atom. The Hall–Kier alpha value is -2.23. The lowest BCUT2D eigenvalue weighted by Gasteiger charge is -2.07. The second kappa shape index (κ2) is 6.64. The fourth-order valence-electron chi connectivity index (χ4n) is 1.68. The molecular weight excluding hydrogens is 242 g/mol. The molecule has 0 fully saturated rings. The van der Waals surface area contributed by atoms with Gasteiger partial charge in [0.15, 0.2) is 0 Å². The maximum atomic E-state index is 11.7. The Morgan fingerprint density at radius 2 is 1.89 bits per heavy atom. The Labute approximate surface area is 112 Å². The molecule has 0 N–H and O–H groups in total. The summed E-state index contributed by atoms with van der Waals surface area (Å²) in [6, 6.07) is 13.1. The van der Waals surface area contributed by atoms with Gasteiger partial charge in [-0.2, -0.15) is 0 Å². The van der Waals surface area contributed by atoms with Gasteiger partial charge in [0.2, 0.25) is 0 Å². The fourth-order valence-corrected chi connectivity index (χ4v) is 1.68. The van der Waals surface area contributed by atoms with Gasteiger partial charge in [0.25, 0.3) is 0 Å². The zero-order valence-corrected chi connectivity index (χ0v) is 10.9. The summed E-state index contributed by atoms with van der Waals surface area (Å²) < 4.78 is 12.4. The number of carbonyl (C=O) groups excluding carboxylic acids is 1. The molecule has 0 unspecified atom stereocenters. The van der Waals surface area contributed by atoms with E-state index in [9.17, 15) is 4.79 Å². The van der Waals surface area contributed by atoms with E-state index in [0.29, 0.717) is 25.3 Å². The number of benzene rings is 1. The summed E-state index contributed by atoms with van der Waals surface area (Å²) in [6.45, 7) is 0.890. The first-order valence-corrected chi connectivity index (χ1v) is 6.23. The van der Waals surface area contributed by atoms with E-state index in [4.69, 9.17) is 9.47 Å². The molecule has 0 atom stereocenters. The Balaban J connectivity index is 1.65. The van der Waals surface area contributed by atoms with Crippen LogP contribution in [0.15, 0.2) is 48.7 Å². The molecule has 0 amide bonds. The number of rotatable bonds is 6. The maximum Gasteiger partial charge on any atom is 0.354 e. The highest BCUT2D eigenvalue weighted by Gasteiger charge is 2.09. The lowest BCUT2D eigenvalue weighted by molar-refractivity contribution is 0.0475. The van der Waals surface area contributed by atoms with E-state index in [2.05, 4.69) is 0 Å². The first kappa shape index (κ1) is 13.2. The van der Waals surface area contributed by atoms with Gasteiger partial charge in [-0.3, -0.25) is 0 Å². The Kier molecular flexibility index (Phi) is 4.61. The first-order chi connectivity index (χ1) is 9.27. The molecule has 0 saturated heterocycles. The molecule has 100 valence electrons. The lowest BCUT2D eigenvalue weighted by atomic mass is 10.3. The normalized spacial score (nSPS) is 10.2. The lowest BCUT2D eigenvalue weighted by Crippen LogP contribution is -2.12. The van der Waals surface area contributed by atoms with Gasteiger partial charge >= 0.3 is 5.97 Å². The average molecular weight is 259 g/mol. The summed E-state index contributed by atoms with van der Waals surface area (Å²) in [4.78, 5) is 11.7. The number of aryl methyl sites for hydroxylation is 1. The number of hydrogen-bond acceptors (Lipinski definition) is 3. The zero-order valence-electron chi connectivity index (χ0n) is 10.9. The highest BCUT2D eigenvalue weighted by Crippen LogP contribution is 2.08. The SMILES string of the molecule is Cn1cccc1C(=O)OCCCOc1ccccc1. The van der Waals surface area contributed by atoms with E-state index < -0.39 is 0 Å². The summed E-state index contributed by atoms with van der Waals surface area (Å²) in [5.74, 6) is 0.531. The van der Waals surface area contributed by atoms with Crippen molar-refractivity contribution in [2.45, 2.75) is 6.42 Å². The van der Waals surface area contributed by atoms with Crippen molar-refractivity contribution in [1.29, 1.82) is 0 Å². The molecule has 0 aliphatic rings. The predicted octanol–water partition coefficient (Wildman–Crippen LogP) is 2.65. The number of hydrogen-bond donors (Lipinski definition) is 0. The molecule has 2 rings (SSSR count). The van der Waals surface area contributed by atoms with E-state index in [1.165, 1.54) is 0 Å². The van der Waals surface area contributed by atoms with Gasteiger partial charge in [0.1, 0.15) is 11.4 Å². The van der Waals surface area contributed by atoms with Gasteiger partial charge in [0.05, 0.1) is 13.2 Å². The van der Waals surface area contributed by atoms with Crippen LogP contribution < -0.4 is 4.74 Å². The second-order valence-corrected chi connectivity index (χ2v) is 4.16. The average Bonchev–Trinajstić information content (AvgIpc) is 2.86. The van der Waals surface area contributed by atoms with Gasteiger partial charge in [-0.15, -0.1) is 0 Å². The summed E-state index contributed by atoms with van der Waals surface area (Å²) in [6.07, 6.45) is 2.49. The smallest absolute Gasteiger partial charge is 0.354 e. The third kappa shape index (κ3) is 3.88. The standard InChI is InChI=1S/C15H17NO3/c1-16-10-5-9-14(16)15(17)19-12-6-11-18-13-7-3-2-4-8-13/h2-5,7-10H,6,11-12H2,1H3. The van der Waals surface area contributed by atoms with Gasteiger partial charge in [-0.25, -0.2) is 4.79 Å². The van der Waals surface area contributed by atoms with Crippen LogP contribution in [0.3, 0.4) is 0 Å². The quantitative estimate of drug-likeness (QED) is 0.591. The molecule has 19 heavy (non-hydrogen) atoms. The van der Waals surface area contributed by atoms with Crippen molar-refractivity contribution in [1.82, 2.24) is 4.57 Å². The predicted molar refractivity (Wildman–Crippen MR) is 72.2 cm³/mol. The minimum Gasteiger partial charge on any atom is -0.493 e. The number of esters is 1.